The van der Waals surface area contributed by atoms with E-state index in [0.29, 0.717) is 18.4 Å². The van der Waals surface area contributed by atoms with Gasteiger partial charge in [-0.3, -0.25) is 19.3 Å². The van der Waals surface area contributed by atoms with Crippen LogP contribution >= 0.6 is 0 Å². The summed E-state index contributed by atoms with van der Waals surface area (Å²) in [5, 5.41) is 2.80. The zero-order valence-corrected chi connectivity index (χ0v) is 13.8. The van der Waals surface area contributed by atoms with Crippen molar-refractivity contribution in [2.45, 2.75) is 25.7 Å². The number of nitrogens with one attached hydrogen (secondary N) is 1. The molecule has 3 amide bonds. The first-order valence-electron chi connectivity index (χ1n) is 8.35. The maximum absolute atomic E-state index is 12.9. The van der Waals surface area contributed by atoms with Crippen LogP contribution in [0.5, 0.6) is 0 Å². The van der Waals surface area contributed by atoms with Crippen molar-refractivity contribution in [2.24, 2.45) is 5.92 Å². The Hall–Kier alpha value is -2.58. The van der Waals surface area contributed by atoms with Gasteiger partial charge in [0.1, 0.15) is 6.54 Å². The Bertz CT molecular complexity index is 642. The molecule has 0 radical (unpaired) electrons. The summed E-state index contributed by atoms with van der Waals surface area (Å²) in [5.41, 5.74) is 0. The zero-order chi connectivity index (χ0) is 17.8. The Balaban J connectivity index is 1.40. The average molecular weight is 349 g/mol. The molecule has 25 heavy (non-hydrogen) atoms. The summed E-state index contributed by atoms with van der Waals surface area (Å²) in [5.74, 6) is -0.523. The number of carbonyl (C=O) groups excluding carboxylic acids is 3. The van der Waals surface area contributed by atoms with Gasteiger partial charge < -0.3 is 10.2 Å². The number of aromatic nitrogens is 2. The minimum Gasteiger partial charge on any atom is -0.354 e. The number of imide groups is 1. The fourth-order valence-electron chi connectivity index (χ4n) is 3.06. The summed E-state index contributed by atoms with van der Waals surface area (Å²) >= 11 is 0. The zero-order valence-electron chi connectivity index (χ0n) is 13.8. The highest BCUT2D eigenvalue weighted by molar-refractivity contribution is 6.04. The molecular formula is C16H20FN5O3. The number of piperidine rings is 1. The molecule has 8 nitrogen and oxygen atoms in total. The molecule has 1 N–H and O–H groups in total. The van der Waals surface area contributed by atoms with E-state index in [9.17, 15) is 18.8 Å². The van der Waals surface area contributed by atoms with Gasteiger partial charge in [0, 0.05) is 32.5 Å². The molecule has 1 aromatic rings. The van der Waals surface area contributed by atoms with E-state index in [1.807, 2.05) is 4.90 Å². The van der Waals surface area contributed by atoms with Gasteiger partial charge in [-0.25, -0.2) is 14.4 Å². The molecule has 2 saturated heterocycles. The number of hydrogen-bond acceptors (Lipinski definition) is 6. The minimum atomic E-state index is -0.462. The largest absolute Gasteiger partial charge is 0.354 e. The molecule has 2 aliphatic rings. The number of halogens is 1. The Kier molecular flexibility index (Phi) is 5.20. The molecule has 134 valence electrons. The number of amides is 3. The molecule has 3 heterocycles. The summed E-state index contributed by atoms with van der Waals surface area (Å²) in [7, 11) is 0. The van der Waals surface area contributed by atoms with Crippen LogP contribution < -0.4 is 10.2 Å². The van der Waals surface area contributed by atoms with Crippen LogP contribution in [0.2, 0.25) is 0 Å². The first-order chi connectivity index (χ1) is 12.0. The van der Waals surface area contributed by atoms with Crippen molar-refractivity contribution < 1.29 is 18.8 Å². The Morgan fingerprint density at radius 2 is 1.76 bits per heavy atom. The predicted molar refractivity (Wildman–Crippen MR) is 85.9 cm³/mol. The number of carbonyl (C=O) groups is 3. The van der Waals surface area contributed by atoms with E-state index in [4.69, 9.17) is 0 Å². The van der Waals surface area contributed by atoms with Crippen LogP contribution in [0.15, 0.2) is 12.4 Å². The van der Waals surface area contributed by atoms with Crippen molar-refractivity contribution in [2.75, 3.05) is 31.1 Å². The summed E-state index contributed by atoms with van der Waals surface area (Å²) in [4.78, 5) is 45.9. The van der Waals surface area contributed by atoms with E-state index in [1.165, 1.54) is 0 Å². The minimum absolute atomic E-state index is 0.191. The molecule has 0 saturated carbocycles. The lowest BCUT2D eigenvalue weighted by Gasteiger charge is -2.32. The molecule has 0 aromatic carbocycles. The second kappa shape index (κ2) is 7.54. The lowest BCUT2D eigenvalue weighted by molar-refractivity contribution is -0.142. The second-order valence-corrected chi connectivity index (χ2v) is 6.31. The van der Waals surface area contributed by atoms with E-state index in [1.54, 1.807) is 0 Å². The molecule has 0 bridgehead atoms. The third-order valence-electron chi connectivity index (χ3n) is 4.55. The summed E-state index contributed by atoms with van der Waals surface area (Å²) < 4.78 is 12.9. The first kappa shape index (κ1) is 17.2. The monoisotopic (exact) mass is 349 g/mol. The Labute approximate surface area is 144 Å². The molecular weight excluding hydrogens is 329 g/mol. The van der Waals surface area contributed by atoms with Crippen LogP contribution in [0.1, 0.15) is 25.7 Å². The Morgan fingerprint density at radius 3 is 2.36 bits per heavy atom. The van der Waals surface area contributed by atoms with Crippen molar-refractivity contribution in [1.29, 1.82) is 0 Å². The van der Waals surface area contributed by atoms with E-state index in [-0.39, 0.29) is 37.1 Å². The first-order valence-corrected chi connectivity index (χ1v) is 8.35. The number of rotatable bonds is 5. The lowest BCUT2D eigenvalue weighted by Crippen LogP contribution is -2.43. The standard InChI is InChI=1S/C16H20FN5O3/c17-12-8-19-16(20-9-12)21-5-3-11(4-6-21)7-18-13(23)10-22-14(24)1-2-15(22)25/h8-9,11H,1-7,10H2,(H,18,23). The molecule has 0 aliphatic carbocycles. The fraction of sp³-hybridized carbons (Fsp3) is 0.562. The number of hydrogen-bond donors (Lipinski definition) is 1. The van der Waals surface area contributed by atoms with Crippen molar-refractivity contribution in [3.05, 3.63) is 18.2 Å². The van der Waals surface area contributed by atoms with Crippen LogP contribution in [-0.4, -0.2) is 58.8 Å². The maximum atomic E-state index is 12.9. The highest BCUT2D eigenvalue weighted by Crippen LogP contribution is 2.20. The van der Waals surface area contributed by atoms with E-state index in [0.717, 1.165) is 43.2 Å². The molecule has 0 atom stereocenters. The number of anilines is 1. The predicted octanol–water partition coefficient (Wildman–Crippen LogP) is 0.0973. The van der Waals surface area contributed by atoms with Gasteiger partial charge in [-0.15, -0.1) is 0 Å². The van der Waals surface area contributed by atoms with Crippen LogP contribution in [-0.2, 0) is 14.4 Å². The third kappa shape index (κ3) is 4.28. The molecule has 3 rings (SSSR count). The van der Waals surface area contributed by atoms with Crippen molar-refractivity contribution >= 4 is 23.7 Å². The van der Waals surface area contributed by atoms with Crippen molar-refractivity contribution in [1.82, 2.24) is 20.2 Å². The van der Waals surface area contributed by atoms with Crippen LogP contribution in [0.4, 0.5) is 10.3 Å². The normalized spacial score (nSPS) is 18.8. The molecule has 2 aliphatic heterocycles. The van der Waals surface area contributed by atoms with Crippen molar-refractivity contribution in [3.8, 4) is 0 Å². The average Bonchev–Trinajstić information content (AvgIpc) is 2.93. The van der Waals surface area contributed by atoms with Gasteiger partial charge in [0.2, 0.25) is 23.7 Å². The summed E-state index contributed by atoms with van der Waals surface area (Å²) in [6.45, 7) is 1.78. The van der Waals surface area contributed by atoms with E-state index >= 15 is 0 Å². The maximum Gasteiger partial charge on any atom is 0.240 e. The third-order valence-corrected chi connectivity index (χ3v) is 4.55. The topological polar surface area (TPSA) is 95.5 Å². The quantitative estimate of drug-likeness (QED) is 0.758. The highest BCUT2D eigenvalue weighted by Gasteiger charge is 2.30. The Morgan fingerprint density at radius 1 is 1.16 bits per heavy atom. The van der Waals surface area contributed by atoms with Crippen molar-refractivity contribution in [3.63, 3.8) is 0 Å². The van der Waals surface area contributed by atoms with E-state index in [2.05, 4.69) is 15.3 Å². The van der Waals surface area contributed by atoms with Gasteiger partial charge in [0.05, 0.1) is 12.4 Å². The van der Waals surface area contributed by atoms with Crippen LogP contribution in [0, 0.1) is 11.7 Å². The summed E-state index contributed by atoms with van der Waals surface area (Å²) in [6.07, 6.45) is 4.38. The smallest absolute Gasteiger partial charge is 0.240 e. The van der Waals surface area contributed by atoms with Crippen LogP contribution in [0.3, 0.4) is 0 Å². The molecule has 1 aromatic heterocycles. The fourth-order valence-corrected chi connectivity index (χ4v) is 3.06. The van der Waals surface area contributed by atoms with Gasteiger partial charge in [0.15, 0.2) is 5.82 Å². The van der Waals surface area contributed by atoms with Crippen LogP contribution in [0.25, 0.3) is 0 Å². The van der Waals surface area contributed by atoms with Gasteiger partial charge in [-0.05, 0) is 18.8 Å². The molecule has 0 spiro atoms. The van der Waals surface area contributed by atoms with Gasteiger partial charge in [-0.2, -0.15) is 0 Å². The highest BCUT2D eigenvalue weighted by atomic mass is 19.1. The lowest BCUT2D eigenvalue weighted by atomic mass is 9.97. The van der Waals surface area contributed by atoms with Gasteiger partial charge >= 0.3 is 0 Å². The molecule has 2 fully saturated rings. The van der Waals surface area contributed by atoms with Gasteiger partial charge in [0.25, 0.3) is 0 Å². The SMILES string of the molecule is O=C(CN1C(=O)CCC1=O)NCC1CCN(c2ncc(F)cn2)CC1. The summed E-state index contributed by atoms with van der Waals surface area (Å²) in [6, 6.07) is 0. The number of likely N-dealkylation sites (tertiary alicyclic amines) is 1. The number of nitrogens with zero attached hydrogens (tertiary/aromatic N) is 4. The second-order valence-electron chi connectivity index (χ2n) is 6.31. The van der Waals surface area contributed by atoms with E-state index < -0.39 is 5.82 Å². The molecule has 9 heteroatoms. The van der Waals surface area contributed by atoms with Gasteiger partial charge in [-0.1, -0.05) is 0 Å². The molecule has 0 unspecified atom stereocenters.